The molecule has 0 saturated carbocycles. The van der Waals surface area contributed by atoms with Crippen LogP contribution >= 0.6 is 0 Å². The molecule has 0 aliphatic carbocycles. The summed E-state index contributed by atoms with van der Waals surface area (Å²) in [7, 11) is 3.08. The summed E-state index contributed by atoms with van der Waals surface area (Å²) in [5.41, 5.74) is 0.593. The Balaban J connectivity index is 2.04. The molecule has 9 nitrogen and oxygen atoms in total. The van der Waals surface area contributed by atoms with Crippen LogP contribution in [0.1, 0.15) is 19.8 Å². The van der Waals surface area contributed by atoms with Crippen LogP contribution in [-0.2, 0) is 19.1 Å². The Labute approximate surface area is 164 Å². The van der Waals surface area contributed by atoms with Gasteiger partial charge in [0.05, 0.1) is 39.5 Å². The lowest BCUT2D eigenvalue weighted by Crippen LogP contribution is -2.58. The van der Waals surface area contributed by atoms with Crippen LogP contribution in [0.2, 0.25) is 0 Å². The van der Waals surface area contributed by atoms with Crippen molar-refractivity contribution in [1.82, 2.24) is 10.2 Å². The number of nitrogens with one attached hydrogen (secondary N) is 2. The van der Waals surface area contributed by atoms with Gasteiger partial charge >= 0.3 is 5.97 Å². The Hall–Kier alpha value is -2.97. The van der Waals surface area contributed by atoms with Crippen molar-refractivity contribution in [2.45, 2.75) is 25.8 Å². The molecule has 1 aromatic carbocycles. The number of hydrogen-bond donors (Lipinski definition) is 2. The van der Waals surface area contributed by atoms with Crippen molar-refractivity contribution >= 4 is 23.5 Å². The van der Waals surface area contributed by atoms with E-state index >= 15 is 0 Å². The molecule has 154 valence electrons. The number of ether oxygens (including phenoxy) is 3. The van der Waals surface area contributed by atoms with Gasteiger partial charge < -0.3 is 29.7 Å². The van der Waals surface area contributed by atoms with Crippen LogP contribution in [0.5, 0.6) is 11.5 Å². The molecule has 1 atom stereocenters. The quantitative estimate of drug-likeness (QED) is 0.597. The monoisotopic (exact) mass is 393 g/mol. The molecule has 1 fully saturated rings. The average Bonchev–Trinajstić information content (AvgIpc) is 2.71. The Bertz CT molecular complexity index is 709. The van der Waals surface area contributed by atoms with E-state index in [4.69, 9.17) is 14.2 Å². The fourth-order valence-corrected chi connectivity index (χ4v) is 2.87. The maximum absolute atomic E-state index is 12.7. The molecule has 2 N–H and O–H groups in total. The number of hydrogen-bond acceptors (Lipinski definition) is 7. The van der Waals surface area contributed by atoms with Crippen LogP contribution in [0, 0.1) is 0 Å². The third-order valence-corrected chi connectivity index (χ3v) is 4.32. The van der Waals surface area contributed by atoms with Crippen molar-refractivity contribution in [3.8, 4) is 11.5 Å². The van der Waals surface area contributed by atoms with E-state index in [1.165, 1.54) is 12.0 Å². The lowest BCUT2D eigenvalue weighted by Gasteiger charge is -2.34. The smallest absolute Gasteiger partial charge is 0.308 e. The third kappa shape index (κ3) is 5.51. The molecule has 1 aromatic rings. The fourth-order valence-electron chi connectivity index (χ4n) is 2.87. The van der Waals surface area contributed by atoms with Crippen LogP contribution in [0.25, 0.3) is 0 Å². The second kappa shape index (κ2) is 10.4. The minimum atomic E-state index is -0.875. The minimum absolute atomic E-state index is 0.0582. The zero-order valence-electron chi connectivity index (χ0n) is 16.4. The molecule has 28 heavy (non-hydrogen) atoms. The largest absolute Gasteiger partial charge is 0.497 e. The van der Waals surface area contributed by atoms with E-state index < -0.39 is 12.0 Å². The summed E-state index contributed by atoms with van der Waals surface area (Å²) in [4.78, 5) is 38.3. The Morgan fingerprint density at radius 2 is 2.07 bits per heavy atom. The van der Waals surface area contributed by atoms with E-state index in [1.807, 2.05) is 6.92 Å². The first-order valence-corrected chi connectivity index (χ1v) is 9.18. The number of anilines is 1. The highest BCUT2D eigenvalue weighted by Gasteiger charge is 2.35. The number of carbonyl (C=O) groups is 3. The van der Waals surface area contributed by atoms with Crippen molar-refractivity contribution < 1.29 is 28.6 Å². The average molecular weight is 393 g/mol. The van der Waals surface area contributed by atoms with Crippen molar-refractivity contribution in [2.24, 2.45) is 0 Å². The van der Waals surface area contributed by atoms with E-state index in [1.54, 1.807) is 25.3 Å². The maximum Gasteiger partial charge on any atom is 0.308 e. The van der Waals surface area contributed by atoms with Gasteiger partial charge in [-0.15, -0.1) is 0 Å². The molecule has 0 radical (unpaired) electrons. The van der Waals surface area contributed by atoms with E-state index in [9.17, 15) is 14.4 Å². The van der Waals surface area contributed by atoms with Crippen LogP contribution < -0.4 is 20.1 Å². The number of piperazine rings is 1. The number of carbonyl (C=O) groups excluding carboxylic acids is 3. The summed E-state index contributed by atoms with van der Waals surface area (Å²) in [6, 6.07) is 4.32. The number of nitrogens with zero attached hydrogens (tertiary/aromatic N) is 1. The molecule has 1 aliphatic heterocycles. The molecule has 1 aliphatic rings. The Morgan fingerprint density at radius 3 is 2.75 bits per heavy atom. The normalized spacial score (nSPS) is 16.2. The van der Waals surface area contributed by atoms with E-state index in [-0.39, 0.29) is 31.4 Å². The predicted molar refractivity (Wildman–Crippen MR) is 102 cm³/mol. The summed E-state index contributed by atoms with van der Waals surface area (Å²) in [6.45, 7) is 2.78. The van der Waals surface area contributed by atoms with Gasteiger partial charge in [0.15, 0.2) is 0 Å². The highest BCUT2D eigenvalue weighted by atomic mass is 16.5. The van der Waals surface area contributed by atoms with Gasteiger partial charge in [-0.05, 0) is 18.6 Å². The van der Waals surface area contributed by atoms with Crippen LogP contribution in [0.15, 0.2) is 18.2 Å². The molecule has 0 spiro atoms. The van der Waals surface area contributed by atoms with Gasteiger partial charge in [-0.1, -0.05) is 6.92 Å². The molecule has 2 amide bonds. The molecule has 2 rings (SSSR count). The van der Waals surface area contributed by atoms with Gasteiger partial charge in [0.1, 0.15) is 17.5 Å². The van der Waals surface area contributed by atoms with Crippen molar-refractivity contribution in [3.05, 3.63) is 18.2 Å². The van der Waals surface area contributed by atoms with E-state index in [0.717, 1.165) is 0 Å². The summed E-state index contributed by atoms with van der Waals surface area (Å²) in [6.07, 6.45) is 0.525. The second-order valence-corrected chi connectivity index (χ2v) is 6.24. The van der Waals surface area contributed by atoms with Crippen LogP contribution in [0.3, 0.4) is 0 Å². The third-order valence-electron chi connectivity index (χ3n) is 4.32. The molecule has 1 unspecified atom stereocenters. The van der Waals surface area contributed by atoms with Gasteiger partial charge in [-0.25, -0.2) is 0 Å². The molecule has 1 heterocycles. The Kier molecular flexibility index (Phi) is 7.91. The minimum Gasteiger partial charge on any atom is -0.497 e. The number of rotatable bonds is 9. The maximum atomic E-state index is 12.7. The zero-order chi connectivity index (χ0) is 20.5. The van der Waals surface area contributed by atoms with Crippen LogP contribution in [-0.4, -0.2) is 69.2 Å². The van der Waals surface area contributed by atoms with E-state index in [0.29, 0.717) is 36.7 Å². The first kappa shape index (κ1) is 21.3. The van der Waals surface area contributed by atoms with Gasteiger partial charge in [-0.2, -0.15) is 0 Å². The molecular weight excluding hydrogens is 366 g/mol. The first-order valence-electron chi connectivity index (χ1n) is 9.18. The molecule has 0 aromatic heterocycles. The zero-order valence-corrected chi connectivity index (χ0v) is 16.4. The SMILES string of the molecule is CCCOC(=O)CC1C(=O)NCCN1C(=O)CNc1cc(OC)ccc1OC. The molecule has 0 bridgehead atoms. The lowest BCUT2D eigenvalue weighted by atomic mass is 10.1. The molecule has 1 saturated heterocycles. The lowest BCUT2D eigenvalue weighted by molar-refractivity contribution is -0.151. The fraction of sp³-hybridized carbons (Fsp3) is 0.526. The topological polar surface area (TPSA) is 106 Å². The van der Waals surface area contributed by atoms with Crippen molar-refractivity contribution in [1.29, 1.82) is 0 Å². The summed E-state index contributed by atoms with van der Waals surface area (Å²) in [5.74, 6) is 0.0264. The molecular formula is C19H27N3O6. The summed E-state index contributed by atoms with van der Waals surface area (Å²) >= 11 is 0. The Morgan fingerprint density at radius 1 is 1.29 bits per heavy atom. The highest BCUT2D eigenvalue weighted by molar-refractivity contribution is 5.93. The molecule has 9 heteroatoms. The van der Waals surface area contributed by atoms with Crippen molar-refractivity contribution in [3.63, 3.8) is 0 Å². The second-order valence-electron chi connectivity index (χ2n) is 6.24. The van der Waals surface area contributed by atoms with Gasteiger partial charge in [-0.3, -0.25) is 14.4 Å². The number of esters is 1. The number of benzene rings is 1. The predicted octanol–water partition coefficient (Wildman–Crippen LogP) is 0.786. The summed E-state index contributed by atoms with van der Waals surface area (Å²) < 4.78 is 15.5. The first-order chi connectivity index (χ1) is 13.5. The van der Waals surface area contributed by atoms with Crippen molar-refractivity contribution in [2.75, 3.05) is 45.8 Å². The van der Waals surface area contributed by atoms with Crippen LogP contribution in [0.4, 0.5) is 5.69 Å². The van der Waals surface area contributed by atoms with Gasteiger partial charge in [0.25, 0.3) is 0 Å². The van der Waals surface area contributed by atoms with Gasteiger partial charge in [0, 0.05) is 19.2 Å². The van der Waals surface area contributed by atoms with E-state index in [2.05, 4.69) is 10.6 Å². The summed E-state index contributed by atoms with van der Waals surface area (Å²) in [5, 5.41) is 5.70. The standard InChI is InChI=1S/C19H27N3O6/c1-4-9-28-18(24)11-15-19(25)20-7-8-22(15)17(23)12-21-14-10-13(26-2)5-6-16(14)27-3/h5-6,10,15,21H,4,7-9,11-12H2,1-3H3,(H,20,25). The number of methoxy groups -OCH3 is 2. The van der Waals surface area contributed by atoms with Gasteiger partial charge in [0.2, 0.25) is 11.8 Å². The number of amides is 2. The highest BCUT2D eigenvalue weighted by Crippen LogP contribution is 2.28.